The minimum absolute atomic E-state index is 0.0531. The van der Waals surface area contributed by atoms with Gasteiger partial charge in [-0.2, -0.15) is 5.10 Å². The van der Waals surface area contributed by atoms with Crippen molar-refractivity contribution >= 4 is 23.7 Å². The van der Waals surface area contributed by atoms with Gasteiger partial charge in [0.25, 0.3) is 5.91 Å². The Hall–Kier alpha value is -4.34. The molecule has 1 heterocycles. The lowest BCUT2D eigenvalue weighted by atomic mass is 10.2. The lowest BCUT2D eigenvalue weighted by Gasteiger charge is -2.13. The summed E-state index contributed by atoms with van der Waals surface area (Å²) in [6, 6.07) is 14.6. The summed E-state index contributed by atoms with van der Waals surface area (Å²) in [5.74, 6) is -0.394. The first kappa shape index (κ1) is 26.3. The van der Waals surface area contributed by atoms with E-state index in [-0.39, 0.29) is 44.4 Å². The Balaban J connectivity index is 1.59. The highest BCUT2D eigenvalue weighted by Gasteiger charge is 2.21. The first-order chi connectivity index (χ1) is 17.4. The summed E-state index contributed by atoms with van der Waals surface area (Å²) < 4.78 is 22.7. The highest BCUT2D eigenvalue weighted by Crippen LogP contribution is 2.19. The number of amides is 1. The number of anilines is 1. The van der Waals surface area contributed by atoms with Crippen molar-refractivity contribution in [2.24, 2.45) is 0 Å². The van der Waals surface area contributed by atoms with Gasteiger partial charge in [0, 0.05) is 0 Å². The van der Waals surface area contributed by atoms with E-state index in [2.05, 4.69) is 10.4 Å². The topological polar surface area (TPSA) is 118 Å². The second-order valence-corrected chi connectivity index (χ2v) is 7.73. The lowest BCUT2D eigenvalue weighted by molar-refractivity contribution is -0.146. The number of nitrogens with zero attached hydrogens (tertiary/aromatic N) is 2. The molecule has 3 rings (SSSR count). The van der Waals surface area contributed by atoms with Crippen LogP contribution in [0.25, 0.3) is 0 Å². The number of carbonyl (C=O) groups is 3. The quantitative estimate of drug-likeness (QED) is 0.380. The molecular weight excluding hydrogens is 466 g/mol. The number of ether oxygens (including phenoxy) is 4. The van der Waals surface area contributed by atoms with Crippen LogP contribution in [0.2, 0.25) is 0 Å². The highest BCUT2D eigenvalue weighted by molar-refractivity contribution is 6.00. The molecular formula is C26H29N3O7. The molecule has 1 N–H and O–H groups in total. The van der Waals surface area contributed by atoms with E-state index in [1.807, 2.05) is 50.2 Å². The van der Waals surface area contributed by atoms with Gasteiger partial charge in [0.05, 0.1) is 19.3 Å². The van der Waals surface area contributed by atoms with Crippen LogP contribution in [0.3, 0.4) is 0 Å². The fourth-order valence-electron chi connectivity index (χ4n) is 3.22. The fraction of sp³-hybridized carbons (Fsp3) is 0.308. The number of carbonyl (C=O) groups excluding carboxylic acids is 3. The average Bonchev–Trinajstić information content (AvgIpc) is 3.25. The molecule has 0 radical (unpaired) electrons. The molecule has 10 heteroatoms. The maximum atomic E-state index is 12.6. The van der Waals surface area contributed by atoms with Crippen LogP contribution < -0.4 is 14.8 Å². The number of aromatic nitrogens is 2. The van der Waals surface area contributed by atoms with Gasteiger partial charge in [0.2, 0.25) is 0 Å². The maximum absolute atomic E-state index is 12.6. The van der Waals surface area contributed by atoms with Crippen molar-refractivity contribution in [3.05, 3.63) is 71.4 Å². The third-order valence-corrected chi connectivity index (χ3v) is 5.05. The number of hydrogen-bond acceptors (Lipinski definition) is 8. The number of nitrogens with one attached hydrogen (secondary N) is 1. The minimum atomic E-state index is -0.637. The largest absolute Gasteiger partial charge is 0.483 e. The Morgan fingerprint density at radius 2 is 1.50 bits per heavy atom. The van der Waals surface area contributed by atoms with Gasteiger partial charge in [-0.05, 0) is 44.0 Å². The van der Waals surface area contributed by atoms with Crippen molar-refractivity contribution in [2.45, 2.75) is 27.3 Å². The van der Waals surface area contributed by atoms with Crippen molar-refractivity contribution in [1.82, 2.24) is 9.78 Å². The van der Waals surface area contributed by atoms with Crippen LogP contribution in [-0.2, 0) is 25.6 Å². The summed E-state index contributed by atoms with van der Waals surface area (Å²) in [4.78, 5) is 37.0. The molecule has 0 atom stereocenters. The molecule has 190 valence electrons. The van der Waals surface area contributed by atoms with Gasteiger partial charge in [-0.25, -0.2) is 14.3 Å². The van der Waals surface area contributed by atoms with Crippen LogP contribution >= 0.6 is 0 Å². The smallest absolute Gasteiger partial charge is 0.344 e. The van der Waals surface area contributed by atoms with Gasteiger partial charge in [-0.15, -0.1) is 0 Å². The van der Waals surface area contributed by atoms with Crippen LogP contribution in [0.5, 0.6) is 11.5 Å². The molecule has 36 heavy (non-hydrogen) atoms. The Morgan fingerprint density at radius 1 is 0.889 bits per heavy atom. The second-order valence-electron chi connectivity index (χ2n) is 7.73. The molecule has 1 amide bonds. The minimum Gasteiger partial charge on any atom is -0.483 e. The van der Waals surface area contributed by atoms with E-state index in [1.165, 1.54) is 10.9 Å². The Morgan fingerprint density at radius 3 is 2.11 bits per heavy atom. The Labute approximate surface area is 209 Å². The van der Waals surface area contributed by atoms with E-state index >= 15 is 0 Å². The number of benzene rings is 2. The van der Waals surface area contributed by atoms with E-state index in [1.54, 1.807) is 19.1 Å². The molecule has 0 unspecified atom stereocenters. The molecule has 0 spiro atoms. The van der Waals surface area contributed by atoms with Gasteiger partial charge in [0.1, 0.15) is 29.5 Å². The number of esters is 2. The van der Waals surface area contributed by atoms with Crippen LogP contribution in [0.4, 0.5) is 5.82 Å². The van der Waals surface area contributed by atoms with Gasteiger partial charge >= 0.3 is 11.9 Å². The zero-order chi connectivity index (χ0) is 25.9. The summed E-state index contributed by atoms with van der Waals surface area (Å²) in [7, 11) is 0. The number of rotatable bonds is 12. The second kappa shape index (κ2) is 12.9. The number of hydrogen-bond donors (Lipinski definition) is 1. The number of para-hydroxylation sites is 2. The van der Waals surface area contributed by atoms with Gasteiger partial charge in [-0.1, -0.05) is 36.4 Å². The lowest BCUT2D eigenvalue weighted by Crippen LogP contribution is -2.25. The van der Waals surface area contributed by atoms with Crippen molar-refractivity contribution in [3.8, 4) is 11.5 Å². The van der Waals surface area contributed by atoms with Crippen LogP contribution in [0.15, 0.2) is 54.7 Å². The van der Waals surface area contributed by atoms with Crippen molar-refractivity contribution in [1.29, 1.82) is 0 Å². The standard InChI is InChI=1S/C26H29N3O7/c1-4-33-26(32)20-15-27-29(13-14-34-24(31)17-36-22-12-8-6-10-19(22)3)25(20)28-23(30)16-35-21-11-7-5-9-18(21)2/h5-12,15H,4,13-14,16-17H2,1-3H3,(H,28,30). The third kappa shape index (κ3) is 7.33. The molecule has 10 nitrogen and oxygen atoms in total. The van der Waals surface area contributed by atoms with Gasteiger partial charge < -0.3 is 24.3 Å². The predicted molar refractivity (Wildman–Crippen MR) is 131 cm³/mol. The van der Waals surface area contributed by atoms with Crippen molar-refractivity contribution < 1.29 is 33.3 Å². The Kier molecular flexibility index (Phi) is 9.44. The summed E-state index contributed by atoms with van der Waals surface area (Å²) in [5.41, 5.74) is 1.87. The van der Waals surface area contributed by atoms with Crippen LogP contribution in [0.1, 0.15) is 28.4 Å². The Bertz CT molecular complexity index is 1210. The summed E-state index contributed by atoms with van der Waals surface area (Å²) in [6.07, 6.45) is 1.29. The summed E-state index contributed by atoms with van der Waals surface area (Å²) >= 11 is 0. The monoisotopic (exact) mass is 495 g/mol. The molecule has 0 saturated heterocycles. The third-order valence-electron chi connectivity index (χ3n) is 5.05. The zero-order valence-corrected chi connectivity index (χ0v) is 20.5. The first-order valence-electron chi connectivity index (χ1n) is 11.4. The fourth-order valence-corrected chi connectivity index (χ4v) is 3.22. The summed E-state index contributed by atoms with van der Waals surface area (Å²) in [5, 5.41) is 6.79. The molecule has 1 aromatic heterocycles. The summed E-state index contributed by atoms with van der Waals surface area (Å²) in [6.45, 7) is 5.09. The highest BCUT2D eigenvalue weighted by atomic mass is 16.6. The van der Waals surface area contributed by atoms with E-state index in [4.69, 9.17) is 18.9 Å². The molecule has 0 aliphatic carbocycles. The molecule has 0 aliphatic heterocycles. The average molecular weight is 496 g/mol. The predicted octanol–water partition coefficient (Wildman–Crippen LogP) is 3.32. The van der Waals surface area contributed by atoms with Gasteiger partial charge in [0.15, 0.2) is 13.2 Å². The van der Waals surface area contributed by atoms with E-state index in [0.717, 1.165) is 11.1 Å². The SMILES string of the molecule is CCOC(=O)c1cnn(CCOC(=O)COc2ccccc2C)c1NC(=O)COc1ccccc1C. The van der Waals surface area contributed by atoms with E-state index < -0.39 is 17.8 Å². The molecule has 0 aliphatic rings. The molecule has 2 aromatic carbocycles. The van der Waals surface area contributed by atoms with Gasteiger partial charge in [-0.3, -0.25) is 4.79 Å². The first-order valence-corrected chi connectivity index (χ1v) is 11.4. The van der Waals surface area contributed by atoms with Crippen LogP contribution in [0, 0.1) is 13.8 Å². The normalized spacial score (nSPS) is 10.4. The zero-order valence-electron chi connectivity index (χ0n) is 20.5. The molecule has 3 aromatic rings. The van der Waals surface area contributed by atoms with Crippen molar-refractivity contribution in [2.75, 3.05) is 31.7 Å². The molecule has 0 fully saturated rings. The van der Waals surface area contributed by atoms with Crippen LogP contribution in [-0.4, -0.2) is 54.1 Å². The number of aryl methyl sites for hydroxylation is 2. The molecule has 0 bridgehead atoms. The van der Waals surface area contributed by atoms with Crippen molar-refractivity contribution in [3.63, 3.8) is 0 Å². The van der Waals surface area contributed by atoms with E-state index in [0.29, 0.717) is 11.5 Å². The molecule has 0 saturated carbocycles. The van der Waals surface area contributed by atoms with E-state index in [9.17, 15) is 14.4 Å². The maximum Gasteiger partial charge on any atom is 0.344 e.